The fraction of sp³-hybridized carbons (Fsp3) is 0.0714. The normalized spacial score (nSPS) is 9.75. The van der Waals surface area contributed by atoms with E-state index in [-0.39, 0.29) is 0 Å². The maximum absolute atomic E-state index is 10.3. The van der Waals surface area contributed by atoms with Crippen molar-refractivity contribution in [1.29, 1.82) is 0 Å². The van der Waals surface area contributed by atoms with E-state index in [0.717, 1.165) is 17.5 Å². The van der Waals surface area contributed by atoms with Crippen LogP contribution in [-0.4, -0.2) is 6.41 Å². The largest absolute Gasteiger partial charge is 0.355 e. The smallest absolute Gasteiger partial charge is 0.207 e. The standard InChI is InChI=1S/C14H13NO/c16-11-15-10-13-8-4-5-9-14(13)12-6-2-1-3-7-12/h1-9,11H,10H2,(H,15,16). The van der Waals surface area contributed by atoms with Crippen LogP contribution in [0.2, 0.25) is 0 Å². The summed E-state index contributed by atoms with van der Waals surface area (Å²) >= 11 is 0. The third kappa shape index (κ3) is 2.28. The number of carbonyl (C=O) groups excluding carboxylic acids is 1. The predicted octanol–water partition coefficient (Wildman–Crippen LogP) is 2.60. The maximum atomic E-state index is 10.3. The van der Waals surface area contributed by atoms with Gasteiger partial charge in [0, 0.05) is 6.54 Å². The van der Waals surface area contributed by atoms with E-state index in [1.807, 2.05) is 36.4 Å². The second-order valence-corrected chi connectivity index (χ2v) is 3.52. The van der Waals surface area contributed by atoms with E-state index in [4.69, 9.17) is 0 Å². The minimum atomic E-state index is 0.564. The minimum absolute atomic E-state index is 0.564. The van der Waals surface area contributed by atoms with Crippen molar-refractivity contribution in [2.24, 2.45) is 0 Å². The Morgan fingerprint density at radius 2 is 1.62 bits per heavy atom. The summed E-state index contributed by atoms with van der Waals surface area (Å²) in [5.41, 5.74) is 3.46. The van der Waals surface area contributed by atoms with Crippen LogP contribution in [0.5, 0.6) is 0 Å². The molecule has 0 spiro atoms. The molecule has 1 N–H and O–H groups in total. The van der Waals surface area contributed by atoms with Crippen molar-refractivity contribution < 1.29 is 4.79 Å². The first kappa shape index (κ1) is 10.4. The van der Waals surface area contributed by atoms with E-state index in [1.54, 1.807) is 0 Å². The molecule has 0 unspecified atom stereocenters. The Balaban J connectivity index is 2.36. The van der Waals surface area contributed by atoms with E-state index in [1.165, 1.54) is 5.56 Å². The van der Waals surface area contributed by atoms with Crippen molar-refractivity contribution in [3.8, 4) is 11.1 Å². The lowest BCUT2D eigenvalue weighted by Gasteiger charge is -2.08. The zero-order valence-corrected chi connectivity index (χ0v) is 8.89. The van der Waals surface area contributed by atoms with Gasteiger partial charge in [0.25, 0.3) is 0 Å². The lowest BCUT2D eigenvalue weighted by atomic mass is 10.00. The fourth-order valence-corrected chi connectivity index (χ4v) is 1.73. The third-order valence-corrected chi connectivity index (χ3v) is 2.48. The SMILES string of the molecule is O=CNCc1ccccc1-c1ccccc1. The highest BCUT2D eigenvalue weighted by Crippen LogP contribution is 2.22. The molecule has 0 aliphatic carbocycles. The average Bonchev–Trinajstić information content (AvgIpc) is 2.38. The van der Waals surface area contributed by atoms with Crippen molar-refractivity contribution >= 4 is 6.41 Å². The zero-order valence-electron chi connectivity index (χ0n) is 8.89. The van der Waals surface area contributed by atoms with Crippen LogP contribution in [0.25, 0.3) is 11.1 Å². The number of hydrogen-bond acceptors (Lipinski definition) is 1. The Bertz CT molecular complexity index is 465. The molecule has 2 aromatic rings. The summed E-state index contributed by atoms with van der Waals surface area (Å²) < 4.78 is 0. The number of amides is 1. The summed E-state index contributed by atoms with van der Waals surface area (Å²) in [6.45, 7) is 0.564. The van der Waals surface area contributed by atoms with Crippen molar-refractivity contribution in [3.05, 3.63) is 60.2 Å². The topological polar surface area (TPSA) is 29.1 Å². The summed E-state index contributed by atoms with van der Waals surface area (Å²) in [4.78, 5) is 10.3. The van der Waals surface area contributed by atoms with E-state index in [2.05, 4.69) is 23.5 Å². The summed E-state index contributed by atoms with van der Waals surface area (Å²) in [5.74, 6) is 0. The monoisotopic (exact) mass is 211 g/mol. The average molecular weight is 211 g/mol. The molecule has 0 fully saturated rings. The zero-order chi connectivity index (χ0) is 11.2. The van der Waals surface area contributed by atoms with Gasteiger partial charge in [0.2, 0.25) is 6.41 Å². The molecule has 0 saturated heterocycles. The van der Waals surface area contributed by atoms with Crippen LogP contribution in [0.15, 0.2) is 54.6 Å². The number of benzene rings is 2. The van der Waals surface area contributed by atoms with E-state index < -0.39 is 0 Å². The third-order valence-electron chi connectivity index (χ3n) is 2.48. The van der Waals surface area contributed by atoms with Gasteiger partial charge in [-0.15, -0.1) is 0 Å². The van der Waals surface area contributed by atoms with Crippen LogP contribution < -0.4 is 5.32 Å². The molecule has 2 nitrogen and oxygen atoms in total. The summed E-state index contributed by atoms with van der Waals surface area (Å²) in [7, 11) is 0. The molecular weight excluding hydrogens is 198 g/mol. The number of rotatable bonds is 4. The first-order valence-electron chi connectivity index (χ1n) is 5.22. The summed E-state index contributed by atoms with van der Waals surface area (Å²) in [6, 6.07) is 18.2. The molecule has 0 bridgehead atoms. The van der Waals surface area contributed by atoms with Crippen LogP contribution >= 0.6 is 0 Å². The van der Waals surface area contributed by atoms with E-state index in [0.29, 0.717) is 6.54 Å². The first-order chi connectivity index (χ1) is 7.92. The van der Waals surface area contributed by atoms with Gasteiger partial charge in [-0.1, -0.05) is 54.6 Å². The van der Waals surface area contributed by atoms with E-state index in [9.17, 15) is 4.79 Å². The predicted molar refractivity (Wildman–Crippen MR) is 64.8 cm³/mol. The molecule has 0 aliphatic rings. The molecule has 0 heterocycles. The van der Waals surface area contributed by atoms with Crippen LogP contribution in [0.4, 0.5) is 0 Å². The molecule has 0 radical (unpaired) electrons. The number of nitrogens with one attached hydrogen (secondary N) is 1. The van der Waals surface area contributed by atoms with Gasteiger partial charge in [-0.25, -0.2) is 0 Å². The van der Waals surface area contributed by atoms with Crippen LogP contribution in [0, 0.1) is 0 Å². The molecule has 0 aliphatic heterocycles. The van der Waals surface area contributed by atoms with Gasteiger partial charge in [-0.2, -0.15) is 0 Å². The van der Waals surface area contributed by atoms with Crippen LogP contribution in [0.1, 0.15) is 5.56 Å². The van der Waals surface area contributed by atoms with Gasteiger partial charge in [-0.05, 0) is 16.7 Å². The molecular formula is C14H13NO. The Morgan fingerprint density at radius 1 is 0.938 bits per heavy atom. The molecule has 1 amide bonds. The number of hydrogen-bond donors (Lipinski definition) is 1. The molecule has 0 aromatic heterocycles. The Kier molecular flexibility index (Phi) is 3.34. The van der Waals surface area contributed by atoms with Gasteiger partial charge in [0.15, 0.2) is 0 Å². The molecule has 2 rings (SSSR count). The lowest BCUT2D eigenvalue weighted by molar-refractivity contribution is -0.109. The maximum Gasteiger partial charge on any atom is 0.207 e. The van der Waals surface area contributed by atoms with Crippen molar-refractivity contribution in [3.63, 3.8) is 0 Å². The molecule has 0 atom stereocenters. The van der Waals surface area contributed by atoms with Gasteiger partial charge in [0.1, 0.15) is 0 Å². The van der Waals surface area contributed by atoms with Crippen LogP contribution in [-0.2, 0) is 11.3 Å². The molecule has 0 saturated carbocycles. The highest BCUT2D eigenvalue weighted by Gasteiger charge is 2.02. The first-order valence-corrected chi connectivity index (χ1v) is 5.22. The second kappa shape index (κ2) is 5.12. The minimum Gasteiger partial charge on any atom is -0.355 e. The van der Waals surface area contributed by atoms with Gasteiger partial charge >= 0.3 is 0 Å². The fourth-order valence-electron chi connectivity index (χ4n) is 1.73. The Morgan fingerprint density at radius 3 is 2.38 bits per heavy atom. The number of carbonyl (C=O) groups is 1. The molecule has 80 valence electrons. The molecule has 2 aromatic carbocycles. The van der Waals surface area contributed by atoms with Gasteiger partial charge < -0.3 is 5.32 Å². The van der Waals surface area contributed by atoms with Crippen molar-refractivity contribution in [2.75, 3.05) is 0 Å². The highest BCUT2D eigenvalue weighted by molar-refractivity contribution is 5.67. The van der Waals surface area contributed by atoms with Crippen LogP contribution in [0.3, 0.4) is 0 Å². The van der Waals surface area contributed by atoms with Crippen molar-refractivity contribution in [1.82, 2.24) is 5.32 Å². The quantitative estimate of drug-likeness (QED) is 0.774. The Labute approximate surface area is 94.9 Å². The lowest BCUT2D eigenvalue weighted by Crippen LogP contribution is -2.10. The van der Waals surface area contributed by atoms with Gasteiger partial charge in [-0.3, -0.25) is 4.79 Å². The molecule has 16 heavy (non-hydrogen) atoms. The summed E-state index contributed by atoms with van der Waals surface area (Å²) in [6.07, 6.45) is 0.724. The van der Waals surface area contributed by atoms with E-state index >= 15 is 0 Å². The second-order valence-electron chi connectivity index (χ2n) is 3.52. The molecule has 2 heteroatoms. The van der Waals surface area contributed by atoms with Crippen molar-refractivity contribution in [2.45, 2.75) is 6.54 Å². The summed E-state index contributed by atoms with van der Waals surface area (Å²) in [5, 5.41) is 2.69. The van der Waals surface area contributed by atoms with Gasteiger partial charge in [0.05, 0.1) is 0 Å². The highest BCUT2D eigenvalue weighted by atomic mass is 16.1. The Hall–Kier alpha value is -2.09.